The number of amides is 1. The van der Waals surface area contributed by atoms with Gasteiger partial charge < -0.3 is 15.4 Å². The summed E-state index contributed by atoms with van der Waals surface area (Å²) in [4.78, 5) is 15.9. The van der Waals surface area contributed by atoms with Crippen molar-refractivity contribution in [3.63, 3.8) is 0 Å². The summed E-state index contributed by atoms with van der Waals surface area (Å²) in [7, 11) is 0. The van der Waals surface area contributed by atoms with Crippen molar-refractivity contribution in [1.82, 2.24) is 4.90 Å². The third kappa shape index (κ3) is 4.19. The van der Waals surface area contributed by atoms with Crippen molar-refractivity contribution in [3.8, 4) is 0 Å². The summed E-state index contributed by atoms with van der Waals surface area (Å²) in [6.07, 6.45) is 2.20. The van der Waals surface area contributed by atoms with E-state index in [0.717, 1.165) is 29.9 Å². The molecule has 2 heterocycles. The lowest BCUT2D eigenvalue weighted by Crippen LogP contribution is -2.42. The number of thiophene rings is 1. The number of benzene rings is 1. The van der Waals surface area contributed by atoms with Crippen molar-refractivity contribution in [2.75, 3.05) is 13.2 Å². The molecule has 0 bridgehead atoms. The van der Waals surface area contributed by atoms with Crippen LogP contribution in [0.4, 0.5) is 0 Å². The average molecular weight is 330 g/mol. The molecule has 4 nitrogen and oxygen atoms in total. The quantitative estimate of drug-likeness (QED) is 0.886. The van der Waals surface area contributed by atoms with Gasteiger partial charge in [0.05, 0.1) is 12.6 Å². The Labute approximate surface area is 140 Å². The van der Waals surface area contributed by atoms with Gasteiger partial charge in [-0.1, -0.05) is 36.4 Å². The van der Waals surface area contributed by atoms with E-state index in [0.29, 0.717) is 13.1 Å². The smallest absolute Gasteiger partial charge is 0.244 e. The van der Waals surface area contributed by atoms with Gasteiger partial charge in [0.2, 0.25) is 5.91 Å². The second-order valence-electron chi connectivity index (χ2n) is 5.82. The molecular formula is C18H22N2O2S. The normalized spacial score (nSPS) is 18.7. The van der Waals surface area contributed by atoms with Gasteiger partial charge in [-0.05, 0) is 29.9 Å². The minimum Gasteiger partial charge on any atom is -0.376 e. The van der Waals surface area contributed by atoms with Gasteiger partial charge in [0.15, 0.2) is 0 Å². The van der Waals surface area contributed by atoms with Crippen LogP contribution in [-0.2, 0) is 16.1 Å². The maximum atomic E-state index is 12.9. The number of carbonyl (C=O) groups excluding carboxylic acids is 1. The Hall–Kier alpha value is -1.69. The van der Waals surface area contributed by atoms with Gasteiger partial charge in [-0.25, -0.2) is 0 Å². The molecule has 2 N–H and O–H groups in total. The van der Waals surface area contributed by atoms with Crippen molar-refractivity contribution >= 4 is 17.2 Å². The molecule has 122 valence electrons. The highest BCUT2D eigenvalue weighted by molar-refractivity contribution is 7.09. The molecule has 0 unspecified atom stereocenters. The van der Waals surface area contributed by atoms with Gasteiger partial charge in [-0.3, -0.25) is 4.79 Å². The standard InChI is InChI=1S/C18H22N2O2S/c19-17(14-6-2-1-3-7-14)18(21)20(12-15-8-4-10-22-15)13-16-9-5-11-23-16/h1-3,5-7,9,11,15,17H,4,8,10,12-13,19H2/t15-,17+/m1/s1. The predicted molar refractivity (Wildman–Crippen MR) is 92.1 cm³/mol. The molecule has 1 amide bonds. The lowest BCUT2D eigenvalue weighted by Gasteiger charge is -2.27. The number of rotatable bonds is 6. The number of ether oxygens (including phenoxy) is 1. The summed E-state index contributed by atoms with van der Waals surface area (Å²) < 4.78 is 5.71. The highest BCUT2D eigenvalue weighted by Gasteiger charge is 2.27. The van der Waals surface area contributed by atoms with Crippen molar-refractivity contribution in [3.05, 3.63) is 58.3 Å². The SMILES string of the molecule is N[C@H](C(=O)N(Cc1cccs1)C[C@H]1CCCO1)c1ccccc1. The molecule has 1 saturated heterocycles. The van der Waals surface area contributed by atoms with E-state index in [1.54, 1.807) is 11.3 Å². The zero-order chi connectivity index (χ0) is 16.1. The highest BCUT2D eigenvalue weighted by atomic mass is 32.1. The molecule has 0 radical (unpaired) electrons. The zero-order valence-corrected chi connectivity index (χ0v) is 13.9. The fourth-order valence-corrected chi connectivity index (χ4v) is 3.58. The summed E-state index contributed by atoms with van der Waals surface area (Å²) in [6.45, 7) is 1.99. The molecule has 0 spiro atoms. The molecule has 0 saturated carbocycles. The first kappa shape index (κ1) is 16.2. The van der Waals surface area contributed by atoms with Crippen molar-refractivity contribution in [1.29, 1.82) is 0 Å². The van der Waals surface area contributed by atoms with Crippen molar-refractivity contribution in [2.45, 2.75) is 31.5 Å². The molecule has 1 aromatic carbocycles. The zero-order valence-electron chi connectivity index (χ0n) is 13.1. The topological polar surface area (TPSA) is 55.6 Å². The van der Waals surface area contributed by atoms with E-state index >= 15 is 0 Å². The molecule has 1 aliphatic rings. The van der Waals surface area contributed by atoms with Crippen LogP contribution in [0.5, 0.6) is 0 Å². The average Bonchev–Trinajstić information content (AvgIpc) is 3.27. The van der Waals surface area contributed by atoms with Gasteiger partial charge in [0.25, 0.3) is 0 Å². The Balaban J connectivity index is 1.74. The Morgan fingerprint density at radius 1 is 1.30 bits per heavy atom. The minimum absolute atomic E-state index is 0.0416. The Bertz CT molecular complexity index is 609. The number of nitrogens with two attached hydrogens (primary N) is 1. The van der Waals surface area contributed by atoms with Gasteiger partial charge >= 0.3 is 0 Å². The largest absolute Gasteiger partial charge is 0.376 e. The second-order valence-corrected chi connectivity index (χ2v) is 6.85. The van der Waals surface area contributed by atoms with E-state index in [-0.39, 0.29) is 12.0 Å². The van der Waals surface area contributed by atoms with Crippen LogP contribution in [0.3, 0.4) is 0 Å². The first-order valence-electron chi connectivity index (χ1n) is 7.97. The molecule has 1 aromatic heterocycles. The summed E-state index contributed by atoms with van der Waals surface area (Å²) in [5.74, 6) is -0.0416. The molecule has 3 rings (SSSR count). The van der Waals surface area contributed by atoms with Crippen LogP contribution in [-0.4, -0.2) is 30.1 Å². The lowest BCUT2D eigenvalue weighted by molar-refractivity contribution is -0.135. The van der Waals surface area contributed by atoms with Gasteiger partial charge in [0, 0.05) is 18.0 Å². The van der Waals surface area contributed by atoms with Crippen LogP contribution in [0.1, 0.15) is 29.3 Å². The third-order valence-electron chi connectivity index (χ3n) is 4.11. The number of nitrogens with zero attached hydrogens (tertiary/aromatic N) is 1. The van der Waals surface area contributed by atoms with E-state index in [1.165, 1.54) is 0 Å². The molecular weight excluding hydrogens is 308 g/mol. The minimum atomic E-state index is -0.627. The van der Waals surface area contributed by atoms with Crippen LogP contribution < -0.4 is 5.73 Å². The van der Waals surface area contributed by atoms with E-state index in [2.05, 4.69) is 6.07 Å². The Kier molecular flexibility index (Phi) is 5.43. The van der Waals surface area contributed by atoms with Crippen molar-refractivity contribution < 1.29 is 9.53 Å². The lowest BCUT2D eigenvalue weighted by atomic mass is 10.1. The monoisotopic (exact) mass is 330 g/mol. The van der Waals surface area contributed by atoms with Gasteiger partial charge in [-0.2, -0.15) is 0 Å². The van der Waals surface area contributed by atoms with Crippen LogP contribution in [0.15, 0.2) is 47.8 Å². The van der Waals surface area contributed by atoms with E-state index in [1.807, 2.05) is 46.7 Å². The Morgan fingerprint density at radius 3 is 2.78 bits per heavy atom. The van der Waals surface area contributed by atoms with Crippen LogP contribution in [0.25, 0.3) is 0 Å². The second kappa shape index (κ2) is 7.73. The van der Waals surface area contributed by atoms with E-state index in [9.17, 15) is 4.79 Å². The maximum Gasteiger partial charge on any atom is 0.244 e. The van der Waals surface area contributed by atoms with Crippen LogP contribution in [0, 0.1) is 0 Å². The summed E-state index contributed by atoms with van der Waals surface area (Å²) >= 11 is 1.66. The fraction of sp³-hybridized carbons (Fsp3) is 0.389. The van der Waals surface area contributed by atoms with Gasteiger partial charge in [-0.15, -0.1) is 11.3 Å². The molecule has 1 aliphatic heterocycles. The van der Waals surface area contributed by atoms with Gasteiger partial charge in [0.1, 0.15) is 6.04 Å². The summed E-state index contributed by atoms with van der Waals surface area (Å²) in [6, 6.07) is 13.0. The summed E-state index contributed by atoms with van der Waals surface area (Å²) in [5.41, 5.74) is 7.06. The molecule has 1 fully saturated rings. The first-order valence-corrected chi connectivity index (χ1v) is 8.85. The Morgan fingerprint density at radius 2 is 2.13 bits per heavy atom. The molecule has 2 atom stereocenters. The van der Waals surface area contributed by atoms with Crippen LogP contribution in [0.2, 0.25) is 0 Å². The van der Waals surface area contributed by atoms with E-state index in [4.69, 9.17) is 10.5 Å². The third-order valence-corrected chi connectivity index (χ3v) is 4.97. The molecule has 0 aliphatic carbocycles. The van der Waals surface area contributed by atoms with E-state index < -0.39 is 6.04 Å². The fourth-order valence-electron chi connectivity index (χ4n) is 2.86. The van der Waals surface area contributed by atoms with Crippen LogP contribution >= 0.6 is 11.3 Å². The predicted octanol–water partition coefficient (Wildman–Crippen LogP) is 2.96. The molecule has 2 aromatic rings. The highest BCUT2D eigenvalue weighted by Crippen LogP contribution is 2.20. The molecule has 23 heavy (non-hydrogen) atoms. The summed E-state index contributed by atoms with van der Waals surface area (Å²) in [5, 5.41) is 2.03. The number of hydrogen-bond donors (Lipinski definition) is 1. The number of hydrogen-bond acceptors (Lipinski definition) is 4. The van der Waals surface area contributed by atoms with Crippen molar-refractivity contribution in [2.24, 2.45) is 5.73 Å². The number of carbonyl (C=O) groups is 1. The molecule has 5 heteroatoms. The maximum absolute atomic E-state index is 12.9. The first-order chi connectivity index (χ1) is 11.2.